The van der Waals surface area contributed by atoms with Crippen molar-refractivity contribution in [1.29, 1.82) is 0 Å². The van der Waals surface area contributed by atoms with E-state index >= 15 is 0 Å². The van der Waals surface area contributed by atoms with E-state index in [9.17, 15) is 9.59 Å². The first-order chi connectivity index (χ1) is 11.8. The van der Waals surface area contributed by atoms with Gasteiger partial charge in [0, 0.05) is 30.9 Å². The summed E-state index contributed by atoms with van der Waals surface area (Å²) in [6.45, 7) is 7.16. The van der Waals surface area contributed by atoms with Gasteiger partial charge < -0.3 is 15.5 Å². The van der Waals surface area contributed by atoms with Crippen molar-refractivity contribution in [3.63, 3.8) is 0 Å². The van der Waals surface area contributed by atoms with Gasteiger partial charge >= 0.3 is 6.03 Å². The second kappa shape index (κ2) is 6.70. The fraction of sp³-hybridized carbons (Fsp3) is 0.529. The van der Waals surface area contributed by atoms with Gasteiger partial charge in [-0.1, -0.05) is 0 Å². The molecular formula is C17H24N6O2. The molecule has 1 aliphatic heterocycles. The third-order valence-corrected chi connectivity index (χ3v) is 4.15. The number of nitrogens with one attached hydrogen (secondary N) is 2. The number of aromatic nitrogens is 3. The summed E-state index contributed by atoms with van der Waals surface area (Å²) < 4.78 is 1.72. The molecule has 3 heterocycles. The number of hydrogen-bond donors (Lipinski definition) is 2. The Balaban J connectivity index is 1.53. The average Bonchev–Trinajstić information content (AvgIpc) is 3.01. The topological polar surface area (TPSA) is 91.6 Å². The normalized spacial score (nSPS) is 16.0. The number of pyridine rings is 1. The van der Waals surface area contributed by atoms with Gasteiger partial charge in [-0.25, -0.2) is 4.79 Å². The Morgan fingerprint density at radius 2 is 1.92 bits per heavy atom. The molecule has 0 aromatic carbocycles. The Hall–Kier alpha value is -2.64. The number of amides is 3. The highest BCUT2D eigenvalue weighted by atomic mass is 16.2. The monoisotopic (exact) mass is 344 g/mol. The zero-order valence-corrected chi connectivity index (χ0v) is 14.8. The molecule has 3 amide bonds. The van der Waals surface area contributed by atoms with Crippen molar-refractivity contribution in [2.24, 2.45) is 0 Å². The molecule has 0 saturated carbocycles. The number of carbonyl (C=O) groups excluding carboxylic acids is 2. The third-order valence-electron chi connectivity index (χ3n) is 4.15. The zero-order valence-electron chi connectivity index (χ0n) is 14.8. The Bertz CT molecular complexity index is 771. The number of carbonyl (C=O) groups is 2. The van der Waals surface area contributed by atoms with Crippen LogP contribution in [-0.2, 0) is 0 Å². The summed E-state index contributed by atoms with van der Waals surface area (Å²) in [5.74, 6) is -0.117. The van der Waals surface area contributed by atoms with Gasteiger partial charge in [-0.3, -0.25) is 9.20 Å². The molecule has 0 bridgehead atoms. The summed E-state index contributed by atoms with van der Waals surface area (Å²) in [7, 11) is 0. The largest absolute Gasteiger partial charge is 0.349 e. The highest BCUT2D eigenvalue weighted by Crippen LogP contribution is 2.13. The van der Waals surface area contributed by atoms with Crippen molar-refractivity contribution in [2.45, 2.75) is 45.2 Å². The standard InChI is InChI=1S/C17H24N6O2/c1-17(2,3)20-16(25)22-8-6-13(7-9-22)19-15(24)12-4-5-14-21-18-11-23(14)10-12/h4-5,10-11,13H,6-9H2,1-3H3,(H,19,24)(H,20,25). The second-order valence-electron chi connectivity index (χ2n) is 7.43. The van der Waals surface area contributed by atoms with Crippen LogP contribution in [0.15, 0.2) is 24.7 Å². The lowest BCUT2D eigenvalue weighted by atomic mass is 10.0. The Kier molecular flexibility index (Phi) is 4.61. The van der Waals surface area contributed by atoms with E-state index in [1.54, 1.807) is 34.0 Å². The number of hydrogen-bond acceptors (Lipinski definition) is 4. The number of likely N-dealkylation sites (tertiary alicyclic amines) is 1. The smallest absolute Gasteiger partial charge is 0.317 e. The van der Waals surface area contributed by atoms with Crippen LogP contribution in [0.3, 0.4) is 0 Å². The second-order valence-corrected chi connectivity index (χ2v) is 7.43. The maximum atomic E-state index is 12.4. The predicted molar refractivity (Wildman–Crippen MR) is 93.3 cm³/mol. The van der Waals surface area contributed by atoms with Gasteiger partial charge in [0.15, 0.2) is 5.65 Å². The Labute approximate surface area is 146 Å². The van der Waals surface area contributed by atoms with Crippen molar-refractivity contribution in [3.8, 4) is 0 Å². The van der Waals surface area contributed by atoms with E-state index < -0.39 is 0 Å². The molecule has 2 N–H and O–H groups in total. The van der Waals surface area contributed by atoms with Gasteiger partial charge in [0.05, 0.1) is 5.56 Å². The summed E-state index contributed by atoms with van der Waals surface area (Å²) in [6, 6.07) is 3.53. The summed E-state index contributed by atoms with van der Waals surface area (Å²) in [5, 5.41) is 13.7. The average molecular weight is 344 g/mol. The fourth-order valence-electron chi connectivity index (χ4n) is 2.86. The molecule has 2 aromatic rings. The zero-order chi connectivity index (χ0) is 18.0. The van der Waals surface area contributed by atoms with Gasteiger partial charge in [0.25, 0.3) is 5.91 Å². The van der Waals surface area contributed by atoms with Gasteiger partial charge in [0.2, 0.25) is 0 Å². The van der Waals surface area contributed by atoms with Crippen LogP contribution in [0.1, 0.15) is 44.0 Å². The van der Waals surface area contributed by atoms with Gasteiger partial charge in [-0.15, -0.1) is 10.2 Å². The van der Waals surface area contributed by atoms with E-state index in [4.69, 9.17) is 0 Å². The molecule has 3 rings (SSSR count). The lowest BCUT2D eigenvalue weighted by Gasteiger charge is -2.34. The number of rotatable bonds is 2. The van der Waals surface area contributed by atoms with Crippen molar-refractivity contribution in [2.75, 3.05) is 13.1 Å². The highest BCUT2D eigenvalue weighted by Gasteiger charge is 2.26. The fourth-order valence-corrected chi connectivity index (χ4v) is 2.86. The lowest BCUT2D eigenvalue weighted by molar-refractivity contribution is 0.0917. The minimum absolute atomic E-state index is 0.0460. The molecule has 1 saturated heterocycles. The van der Waals surface area contributed by atoms with Crippen molar-refractivity contribution in [3.05, 3.63) is 30.2 Å². The molecule has 1 aliphatic rings. The Morgan fingerprint density at radius 3 is 2.60 bits per heavy atom. The summed E-state index contributed by atoms with van der Waals surface area (Å²) in [4.78, 5) is 26.4. The van der Waals surface area contributed by atoms with Crippen molar-refractivity contribution >= 4 is 17.6 Å². The predicted octanol–water partition coefficient (Wildman–Crippen LogP) is 1.43. The van der Waals surface area contributed by atoms with E-state index in [-0.39, 0.29) is 23.5 Å². The maximum Gasteiger partial charge on any atom is 0.317 e. The van der Waals surface area contributed by atoms with Crippen LogP contribution >= 0.6 is 0 Å². The van der Waals surface area contributed by atoms with E-state index in [1.165, 1.54) is 0 Å². The molecule has 0 radical (unpaired) electrons. The van der Waals surface area contributed by atoms with Crippen LogP contribution in [0.4, 0.5) is 4.79 Å². The number of fused-ring (bicyclic) bond motifs is 1. The van der Waals surface area contributed by atoms with Crippen molar-refractivity contribution in [1.82, 2.24) is 30.1 Å². The summed E-state index contributed by atoms with van der Waals surface area (Å²) in [6.07, 6.45) is 4.78. The van der Waals surface area contributed by atoms with Crippen LogP contribution in [0.25, 0.3) is 5.65 Å². The van der Waals surface area contributed by atoms with Crippen LogP contribution < -0.4 is 10.6 Å². The SMILES string of the molecule is CC(C)(C)NC(=O)N1CCC(NC(=O)c2ccc3nncn3c2)CC1. The molecular weight excluding hydrogens is 320 g/mol. The maximum absolute atomic E-state index is 12.4. The molecule has 134 valence electrons. The molecule has 2 aromatic heterocycles. The van der Waals surface area contributed by atoms with E-state index in [0.29, 0.717) is 24.3 Å². The molecule has 0 atom stereocenters. The van der Waals surface area contributed by atoms with Gasteiger partial charge in [-0.05, 0) is 45.7 Å². The van der Waals surface area contributed by atoms with Crippen LogP contribution in [0.2, 0.25) is 0 Å². The Morgan fingerprint density at radius 1 is 1.20 bits per heavy atom. The lowest BCUT2D eigenvalue weighted by Crippen LogP contribution is -2.53. The quantitative estimate of drug-likeness (QED) is 0.862. The van der Waals surface area contributed by atoms with E-state index in [1.807, 2.05) is 20.8 Å². The number of piperidine rings is 1. The van der Waals surface area contributed by atoms with Crippen LogP contribution in [0, 0.1) is 0 Å². The molecule has 1 fully saturated rings. The number of nitrogens with zero attached hydrogens (tertiary/aromatic N) is 4. The minimum Gasteiger partial charge on any atom is -0.349 e. The summed E-state index contributed by atoms with van der Waals surface area (Å²) >= 11 is 0. The first-order valence-electron chi connectivity index (χ1n) is 8.49. The molecule has 25 heavy (non-hydrogen) atoms. The molecule has 0 unspecified atom stereocenters. The van der Waals surface area contributed by atoms with Gasteiger partial charge in [-0.2, -0.15) is 0 Å². The van der Waals surface area contributed by atoms with Gasteiger partial charge in [0.1, 0.15) is 6.33 Å². The number of urea groups is 1. The molecule has 0 spiro atoms. The van der Waals surface area contributed by atoms with E-state index in [0.717, 1.165) is 12.8 Å². The van der Waals surface area contributed by atoms with E-state index in [2.05, 4.69) is 20.8 Å². The first-order valence-corrected chi connectivity index (χ1v) is 8.49. The molecule has 0 aliphatic carbocycles. The van der Waals surface area contributed by atoms with Crippen LogP contribution in [0.5, 0.6) is 0 Å². The first kappa shape index (κ1) is 17.2. The minimum atomic E-state index is -0.247. The van der Waals surface area contributed by atoms with Crippen molar-refractivity contribution < 1.29 is 9.59 Å². The summed E-state index contributed by atoms with van der Waals surface area (Å²) in [5.41, 5.74) is 1.03. The highest BCUT2D eigenvalue weighted by molar-refractivity contribution is 5.94. The third kappa shape index (κ3) is 4.26. The van der Waals surface area contributed by atoms with Crippen LogP contribution in [-0.4, -0.2) is 56.1 Å². The molecule has 8 nitrogen and oxygen atoms in total. The molecule has 8 heteroatoms.